The first-order valence-electron chi connectivity index (χ1n) is 5.54. The van der Waals surface area contributed by atoms with Crippen molar-refractivity contribution in [1.29, 1.82) is 0 Å². The van der Waals surface area contributed by atoms with Crippen LogP contribution in [0.25, 0.3) is 0 Å². The zero-order chi connectivity index (χ0) is 11.2. The van der Waals surface area contributed by atoms with Gasteiger partial charge in [-0.1, -0.05) is 15.9 Å². The first-order chi connectivity index (χ1) is 7.84. The van der Waals surface area contributed by atoms with Crippen LogP contribution in [0.15, 0.2) is 28.7 Å². The van der Waals surface area contributed by atoms with Gasteiger partial charge in [-0.05, 0) is 30.7 Å². The molecule has 1 heterocycles. The third-order valence-corrected chi connectivity index (χ3v) is 3.08. The molecule has 1 aromatic rings. The third-order valence-electron chi connectivity index (χ3n) is 2.55. The Morgan fingerprint density at radius 3 is 2.88 bits per heavy atom. The van der Waals surface area contributed by atoms with Crippen LogP contribution in [0.1, 0.15) is 6.42 Å². The molecule has 0 radical (unpaired) electrons. The fourth-order valence-corrected chi connectivity index (χ4v) is 1.92. The van der Waals surface area contributed by atoms with Crippen molar-refractivity contribution >= 4 is 15.9 Å². The van der Waals surface area contributed by atoms with Crippen LogP contribution in [0.4, 0.5) is 0 Å². The van der Waals surface area contributed by atoms with E-state index in [1.54, 1.807) is 0 Å². The van der Waals surface area contributed by atoms with Gasteiger partial charge in [-0.25, -0.2) is 0 Å². The van der Waals surface area contributed by atoms with Gasteiger partial charge in [0, 0.05) is 17.1 Å². The predicted octanol–water partition coefficient (Wildman–Crippen LogP) is 2.21. The smallest absolute Gasteiger partial charge is 0.119 e. The van der Waals surface area contributed by atoms with Gasteiger partial charge in [-0.3, -0.25) is 0 Å². The summed E-state index contributed by atoms with van der Waals surface area (Å²) in [5.74, 6) is 0.917. The van der Waals surface area contributed by atoms with E-state index in [9.17, 15) is 0 Å². The van der Waals surface area contributed by atoms with Crippen LogP contribution in [0.5, 0.6) is 5.75 Å². The Balaban J connectivity index is 1.69. The SMILES string of the molecule is Brc1ccc(OCCC2COCCN2)cc1. The molecule has 0 aliphatic carbocycles. The van der Waals surface area contributed by atoms with Gasteiger partial charge >= 0.3 is 0 Å². The molecule has 0 spiro atoms. The quantitative estimate of drug-likeness (QED) is 0.920. The topological polar surface area (TPSA) is 30.5 Å². The van der Waals surface area contributed by atoms with E-state index in [0.717, 1.165) is 43.0 Å². The highest BCUT2D eigenvalue weighted by Gasteiger charge is 2.12. The number of benzene rings is 1. The van der Waals surface area contributed by atoms with Gasteiger partial charge in [0.2, 0.25) is 0 Å². The van der Waals surface area contributed by atoms with E-state index in [1.807, 2.05) is 24.3 Å². The van der Waals surface area contributed by atoms with Crippen molar-refractivity contribution in [2.24, 2.45) is 0 Å². The fraction of sp³-hybridized carbons (Fsp3) is 0.500. The maximum atomic E-state index is 5.65. The summed E-state index contributed by atoms with van der Waals surface area (Å²) < 4.78 is 12.1. The molecule has 0 aromatic heterocycles. The highest BCUT2D eigenvalue weighted by atomic mass is 79.9. The van der Waals surface area contributed by atoms with Crippen molar-refractivity contribution in [2.75, 3.05) is 26.4 Å². The minimum atomic E-state index is 0.434. The first-order valence-corrected chi connectivity index (χ1v) is 6.33. The molecule has 1 atom stereocenters. The number of hydrogen-bond acceptors (Lipinski definition) is 3. The van der Waals surface area contributed by atoms with Crippen molar-refractivity contribution in [2.45, 2.75) is 12.5 Å². The number of hydrogen-bond donors (Lipinski definition) is 1. The molecule has 1 aliphatic heterocycles. The Morgan fingerprint density at radius 2 is 2.19 bits per heavy atom. The van der Waals surface area contributed by atoms with Gasteiger partial charge in [-0.15, -0.1) is 0 Å². The normalized spacial score (nSPS) is 20.7. The van der Waals surface area contributed by atoms with Crippen LogP contribution in [-0.4, -0.2) is 32.4 Å². The Kier molecular flexibility index (Phi) is 4.63. The summed E-state index contributed by atoms with van der Waals surface area (Å²) in [4.78, 5) is 0. The Bertz CT molecular complexity index is 309. The number of nitrogens with one attached hydrogen (secondary N) is 1. The lowest BCUT2D eigenvalue weighted by Gasteiger charge is -2.23. The highest BCUT2D eigenvalue weighted by molar-refractivity contribution is 9.10. The van der Waals surface area contributed by atoms with Gasteiger partial charge in [0.05, 0.1) is 19.8 Å². The lowest BCUT2D eigenvalue weighted by Crippen LogP contribution is -2.41. The van der Waals surface area contributed by atoms with Gasteiger partial charge < -0.3 is 14.8 Å². The maximum absolute atomic E-state index is 5.65. The molecule has 1 aromatic carbocycles. The van der Waals surface area contributed by atoms with Crippen molar-refractivity contribution in [3.05, 3.63) is 28.7 Å². The molecule has 1 N–H and O–H groups in total. The molecular weight excluding hydrogens is 270 g/mol. The lowest BCUT2D eigenvalue weighted by molar-refractivity contribution is 0.0691. The molecule has 2 rings (SSSR count). The molecule has 0 amide bonds. The van der Waals surface area contributed by atoms with E-state index >= 15 is 0 Å². The molecule has 1 unspecified atom stereocenters. The van der Waals surface area contributed by atoms with Crippen LogP contribution < -0.4 is 10.1 Å². The second kappa shape index (κ2) is 6.23. The Morgan fingerprint density at radius 1 is 1.38 bits per heavy atom. The van der Waals surface area contributed by atoms with Gasteiger partial charge in [0.1, 0.15) is 5.75 Å². The van der Waals surface area contributed by atoms with Crippen LogP contribution in [0.2, 0.25) is 0 Å². The summed E-state index contributed by atoms with van der Waals surface area (Å²) in [7, 11) is 0. The van der Waals surface area contributed by atoms with Crippen LogP contribution in [0.3, 0.4) is 0 Å². The van der Waals surface area contributed by atoms with E-state index in [4.69, 9.17) is 9.47 Å². The summed E-state index contributed by atoms with van der Waals surface area (Å²) in [6.07, 6.45) is 0.982. The number of halogens is 1. The minimum absolute atomic E-state index is 0.434. The van der Waals surface area contributed by atoms with Gasteiger partial charge in [0.25, 0.3) is 0 Å². The number of morpholine rings is 1. The monoisotopic (exact) mass is 285 g/mol. The van der Waals surface area contributed by atoms with Gasteiger partial charge in [0.15, 0.2) is 0 Å². The zero-order valence-electron chi connectivity index (χ0n) is 9.12. The minimum Gasteiger partial charge on any atom is -0.494 e. The van der Waals surface area contributed by atoms with Crippen molar-refractivity contribution in [1.82, 2.24) is 5.32 Å². The summed E-state index contributed by atoms with van der Waals surface area (Å²) in [6, 6.07) is 8.34. The Labute approximate surface area is 104 Å². The molecule has 0 bridgehead atoms. The summed E-state index contributed by atoms with van der Waals surface area (Å²) in [5, 5.41) is 3.40. The fourth-order valence-electron chi connectivity index (χ4n) is 1.65. The molecule has 1 saturated heterocycles. The van der Waals surface area contributed by atoms with Crippen LogP contribution in [-0.2, 0) is 4.74 Å². The van der Waals surface area contributed by atoms with Crippen LogP contribution >= 0.6 is 15.9 Å². The van der Waals surface area contributed by atoms with E-state index in [-0.39, 0.29) is 0 Å². The molecule has 4 heteroatoms. The van der Waals surface area contributed by atoms with Crippen LogP contribution in [0, 0.1) is 0 Å². The van der Waals surface area contributed by atoms with Gasteiger partial charge in [-0.2, -0.15) is 0 Å². The Hall–Kier alpha value is -0.580. The van der Waals surface area contributed by atoms with Crippen molar-refractivity contribution in [3.63, 3.8) is 0 Å². The van der Waals surface area contributed by atoms with E-state index in [0.29, 0.717) is 6.04 Å². The predicted molar refractivity (Wildman–Crippen MR) is 66.9 cm³/mol. The number of rotatable bonds is 4. The van der Waals surface area contributed by atoms with Crippen molar-refractivity contribution < 1.29 is 9.47 Å². The second-order valence-electron chi connectivity index (χ2n) is 3.82. The molecule has 0 saturated carbocycles. The average Bonchev–Trinajstić information content (AvgIpc) is 2.33. The maximum Gasteiger partial charge on any atom is 0.119 e. The highest BCUT2D eigenvalue weighted by Crippen LogP contribution is 2.16. The molecule has 16 heavy (non-hydrogen) atoms. The summed E-state index contributed by atoms with van der Waals surface area (Å²) >= 11 is 3.39. The second-order valence-corrected chi connectivity index (χ2v) is 4.73. The first kappa shape index (κ1) is 11.9. The molecular formula is C12H16BrNO2. The standard InChI is InChI=1S/C12H16BrNO2/c13-10-1-3-12(4-2-10)16-7-5-11-9-15-8-6-14-11/h1-4,11,14H,5-9H2. The van der Waals surface area contributed by atoms with E-state index < -0.39 is 0 Å². The number of ether oxygens (including phenoxy) is 2. The zero-order valence-corrected chi connectivity index (χ0v) is 10.7. The largest absolute Gasteiger partial charge is 0.494 e. The summed E-state index contributed by atoms with van der Waals surface area (Å²) in [6.45, 7) is 3.29. The van der Waals surface area contributed by atoms with E-state index in [2.05, 4.69) is 21.2 Å². The molecule has 1 fully saturated rings. The molecule has 88 valence electrons. The summed E-state index contributed by atoms with van der Waals surface area (Å²) in [5.41, 5.74) is 0. The third kappa shape index (κ3) is 3.77. The molecule has 1 aliphatic rings. The average molecular weight is 286 g/mol. The lowest BCUT2D eigenvalue weighted by atomic mass is 10.2. The molecule has 3 nitrogen and oxygen atoms in total. The van der Waals surface area contributed by atoms with E-state index in [1.165, 1.54) is 0 Å². The van der Waals surface area contributed by atoms with Crippen molar-refractivity contribution in [3.8, 4) is 5.75 Å².